The molecule has 1 atom stereocenters. The third-order valence-electron chi connectivity index (χ3n) is 7.74. The van der Waals surface area contributed by atoms with Crippen LogP contribution in [-0.2, 0) is 16.1 Å². The topological polar surface area (TPSA) is 79.1 Å². The summed E-state index contributed by atoms with van der Waals surface area (Å²) in [6.45, 7) is 2.15. The number of aromatic nitrogens is 1. The molecule has 49 heavy (non-hydrogen) atoms. The first-order valence-corrected chi connectivity index (χ1v) is 19.0. The molecule has 1 aliphatic heterocycles. The lowest BCUT2D eigenvalue weighted by atomic mass is 9.93. The molecule has 0 spiro atoms. The lowest BCUT2D eigenvalue weighted by molar-refractivity contribution is -0.138. The maximum absolute atomic E-state index is 14.3. The van der Waals surface area contributed by atoms with Gasteiger partial charge in [0.15, 0.2) is 16.3 Å². The van der Waals surface area contributed by atoms with Gasteiger partial charge >= 0.3 is 5.97 Å². The van der Waals surface area contributed by atoms with Crippen LogP contribution in [0.1, 0.15) is 35.2 Å². The largest absolute Gasteiger partial charge is 0.493 e. The van der Waals surface area contributed by atoms with Crippen molar-refractivity contribution in [3.05, 3.63) is 146 Å². The predicted octanol–water partition coefficient (Wildman–Crippen LogP) is 8.16. The van der Waals surface area contributed by atoms with Crippen LogP contribution in [0.5, 0.6) is 11.5 Å². The Balaban J connectivity index is 1.48. The molecule has 2 heterocycles. The summed E-state index contributed by atoms with van der Waals surface area (Å²) < 4.78 is 20.3. The molecular formula is C37H29Cl2IN2O5S2. The molecule has 0 amide bonds. The van der Waals surface area contributed by atoms with Crippen LogP contribution in [0.15, 0.2) is 105 Å². The van der Waals surface area contributed by atoms with Crippen LogP contribution < -0.4 is 24.4 Å². The van der Waals surface area contributed by atoms with Crippen molar-refractivity contribution in [2.45, 2.75) is 24.5 Å². The molecule has 5 aromatic rings. The molecule has 1 aromatic heterocycles. The first-order chi connectivity index (χ1) is 23.7. The number of thiazole rings is 1. The number of ether oxygens (including phenoxy) is 3. The Kier molecular flexibility index (Phi) is 11.2. The average molecular weight is 844 g/mol. The number of benzene rings is 4. The minimum absolute atomic E-state index is 0.180. The predicted molar refractivity (Wildman–Crippen MR) is 206 cm³/mol. The zero-order chi connectivity index (χ0) is 34.7. The number of carbonyl (C=O) groups is 1. The third kappa shape index (κ3) is 7.48. The summed E-state index contributed by atoms with van der Waals surface area (Å²) in [6, 6.07) is 25.6. The van der Waals surface area contributed by atoms with Crippen LogP contribution in [0, 0.1) is 3.57 Å². The molecule has 0 unspecified atom stereocenters. The van der Waals surface area contributed by atoms with Crippen molar-refractivity contribution in [1.29, 1.82) is 0 Å². The summed E-state index contributed by atoms with van der Waals surface area (Å²) in [5, 5.41) is 1.05. The van der Waals surface area contributed by atoms with Crippen molar-refractivity contribution < 1.29 is 19.0 Å². The van der Waals surface area contributed by atoms with Crippen molar-refractivity contribution in [1.82, 2.24) is 4.57 Å². The van der Waals surface area contributed by atoms with Crippen molar-refractivity contribution in [2.75, 3.05) is 20.0 Å². The number of esters is 1. The Bertz CT molecular complexity index is 2250. The molecule has 0 saturated carbocycles. The summed E-state index contributed by atoms with van der Waals surface area (Å²) in [5.41, 5.74) is 3.55. The molecule has 0 radical (unpaired) electrons. The van der Waals surface area contributed by atoms with Crippen molar-refractivity contribution in [3.8, 4) is 11.5 Å². The molecule has 250 valence electrons. The highest BCUT2D eigenvalue weighted by Crippen LogP contribution is 2.37. The molecule has 0 saturated heterocycles. The van der Waals surface area contributed by atoms with E-state index in [0.29, 0.717) is 42.1 Å². The number of methoxy groups -OCH3 is 1. The lowest BCUT2D eigenvalue weighted by Gasteiger charge is -2.26. The summed E-state index contributed by atoms with van der Waals surface area (Å²) in [7, 11) is 1.57. The highest BCUT2D eigenvalue weighted by atomic mass is 127. The quantitative estimate of drug-likeness (QED) is 0.0803. The zero-order valence-electron chi connectivity index (χ0n) is 26.5. The number of fused-ring (bicyclic) bond motifs is 1. The van der Waals surface area contributed by atoms with Crippen LogP contribution in [0.2, 0.25) is 10.0 Å². The fraction of sp³-hybridized carbons (Fsp3) is 0.162. The number of thioether (sulfide) groups is 1. The maximum Gasteiger partial charge on any atom is 0.338 e. The van der Waals surface area contributed by atoms with Crippen molar-refractivity contribution in [3.63, 3.8) is 0 Å². The smallest absolute Gasteiger partial charge is 0.338 e. The van der Waals surface area contributed by atoms with E-state index in [4.69, 9.17) is 42.4 Å². The number of hydrogen-bond donors (Lipinski definition) is 0. The Hall–Kier alpha value is -3.55. The monoisotopic (exact) mass is 842 g/mol. The molecule has 4 aromatic carbocycles. The minimum atomic E-state index is -0.756. The Morgan fingerprint density at radius 3 is 2.49 bits per heavy atom. The number of hydrogen-bond acceptors (Lipinski definition) is 8. The normalized spacial score (nSPS) is 14.3. The molecule has 6 rings (SSSR count). The van der Waals surface area contributed by atoms with Gasteiger partial charge in [-0.1, -0.05) is 83.1 Å². The second-order valence-corrected chi connectivity index (χ2v) is 14.7. The number of rotatable bonds is 10. The Morgan fingerprint density at radius 1 is 1.06 bits per heavy atom. The van der Waals surface area contributed by atoms with E-state index in [9.17, 15) is 9.59 Å². The molecular weight excluding hydrogens is 814 g/mol. The Labute approximate surface area is 315 Å². The first-order valence-electron chi connectivity index (χ1n) is 15.1. The van der Waals surface area contributed by atoms with Gasteiger partial charge in [0.05, 0.1) is 39.1 Å². The van der Waals surface area contributed by atoms with E-state index in [1.807, 2.05) is 79.1 Å². The van der Waals surface area contributed by atoms with Crippen LogP contribution in [0.3, 0.4) is 0 Å². The van der Waals surface area contributed by atoms with Crippen LogP contribution >= 0.6 is 68.9 Å². The highest BCUT2D eigenvalue weighted by Gasteiger charge is 2.35. The van der Waals surface area contributed by atoms with Gasteiger partial charge in [-0.15, -0.1) is 11.8 Å². The summed E-state index contributed by atoms with van der Waals surface area (Å²) in [5.74, 6) is 0.528. The van der Waals surface area contributed by atoms with Gasteiger partial charge in [-0.05, 0) is 89.4 Å². The summed E-state index contributed by atoms with van der Waals surface area (Å²) in [6.07, 6.45) is 3.80. The van der Waals surface area contributed by atoms with Crippen molar-refractivity contribution >= 4 is 86.6 Å². The highest BCUT2D eigenvalue weighted by molar-refractivity contribution is 14.1. The van der Waals surface area contributed by atoms with E-state index in [1.165, 1.54) is 11.3 Å². The molecule has 0 bridgehead atoms. The minimum Gasteiger partial charge on any atom is -0.493 e. The molecule has 0 fully saturated rings. The van der Waals surface area contributed by atoms with E-state index in [2.05, 4.69) is 22.6 Å². The van der Waals surface area contributed by atoms with E-state index in [-0.39, 0.29) is 18.8 Å². The fourth-order valence-corrected chi connectivity index (χ4v) is 8.10. The maximum atomic E-state index is 14.3. The average Bonchev–Trinajstić information content (AvgIpc) is 3.41. The Morgan fingerprint density at radius 2 is 1.82 bits per heavy atom. The molecule has 12 heteroatoms. The van der Waals surface area contributed by atoms with Gasteiger partial charge in [0.25, 0.3) is 5.56 Å². The standard InChI is InChI=1S/C37H29Cl2IN2O5S2/c1-4-46-36(44)31-32(22-8-6-5-7-9-22)41-37-42(33(31)23-11-14-26(48-3)15-12-23)35(43)30(49-37)18-21-16-28(40)34(29(17-21)45-2)47-20-24-10-13-25(38)19-27(24)39/h5-19,33H,4,20H2,1-3H3/b30-18-/t33-/m0/s1. The lowest BCUT2D eigenvalue weighted by Crippen LogP contribution is -2.40. The van der Waals surface area contributed by atoms with E-state index in [0.717, 1.165) is 30.7 Å². The first kappa shape index (κ1) is 35.3. The summed E-state index contributed by atoms with van der Waals surface area (Å²) in [4.78, 5) is 34.5. The van der Waals surface area contributed by atoms with Gasteiger partial charge in [0, 0.05) is 26.1 Å². The van der Waals surface area contributed by atoms with Gasteiger partial charge in [0.1, 0.15) is 6.61 Å². The van der Waals surface area contributed by atoms with Gasteiger partial charge in [-0.25, -0.2) is 9.79 Å². The van der Waals surface area contributed by atoms with Gasteiger partial charge in [-0.2, -0.15) is 0 Å². The van der Waals surface area contributed by atoms with E-state index < -0.39 is 12.0 Å². The van der Waals surface area contributed by atoms with Crippen molar-refractivity contribution in [2.24, 2.45) is 4.99 Å². The zero-order valence-corrected chi connectivity index (χ0v) is 31.8. The second-order valence-electron chi connectivity index (χ2n) is 10.8. The second kappa shape index (κ2) is 15.6. The van der Waals surface area contributed by atoms with Crippen LogP contribution in [0.4, 0.5) is 0 Å². The molecule has 0 N–H and O–H groups in total. The summed E-state index contributed by atoms with van der Waals surface area (Å²) >= 11 is 17.5. The third-order valence-corrected chi connectivity index (χ3v) is 10.9. The van der Waals surface area contributed by atoms with E-state index >= 15 is 0 Å². The van der Waals surface area contributed by atoms with Gasteiger partial charge in [0.2, 0.25) is 0 Å². The van der Waals surface area contributed by atoms with Gasteiger partial charge < -0.3 is 14.2 Å². The van der Waals surface area contributed by atoms with Gasteiger partial charge in [-0.3, -0.25) is 9.36 Å². The van der Waals surface area contributed by atoms with E-state index in [1.54, 1.807) is 48.6 Å². The fourth-order valence-electron chi connectivity index (χ4n) is 5.45. The van der Waals surface area contributed by atoms with Crippen LogP contribution in [-0.4, -0.2) is 30.5 Å². The molecule has 7 nitrogen and oxygen atoms in total. The number of halogens is 3. The SMILES string of the molecule is CCOC(=O)C1=C(c2ccccc2)N=c2s/c(=C\c3cc(I)c(OCc4ccc(Cl)cc4Cl)c(OC)c3)c(=O)n2[C@H]1c1ccc(SC)cc1. The number of nitrogens with zero attached hydrogens (tertiary/aromatic N) is 2. The molecule has 0 aliphatic carbocycles. The number of carbonyl (C=O) groups excluding carboxylic acids is 1. The molecule has 1 aliphatic rings. The van der Waals surface area contributed by atoms with Crippen LogP contribution in [0.25, 0.3) is 11.8 Å².